The van der Waals surface area contributed by atoms with Gasteiger partial charge in [0.15, 0.2) is 0 Å². The minimum atomic E-state index is 0.0538. The lowest BCUT2D eigenvalue weighted by Gasteiger charge is -2.40. The van der Waals surface area contributed by atoms with Gasteiger partial charge in [0.2, 0.25) is 0 Å². The monoisotopic (exact) mass is 358 g/mol. The van der Waals surface area contributed by atoms with Crippen LogP contribution in [0.3, 0.4) is 0 Å². The summed E-state index contributed by atoms with van der Waals surface area (Å²) >= 11 is 0. The Hall–Kier alpha value is -3.21. The van der Waals surface area contributed by atoms with Gasteiger partial charge >= 0.3 is 0 Å². The fraction of sp³-hybridized carbons (Fsp3) is 0.227. The van der Waals surface area contributed by atoms with Crippen LogP contribution in [0.4, 0.5) is 5.82 Å². The predicted molar refractivity (Wildman–Crippen MR) is 110 cm³/mol. The predicted octanol–water partition coefficient (Wildman–Crippen LogP) is 4.08. The van der Waals surface area contributed by atoms with Crippen molar-refractivity contribution >= 4 is 28.1 Å². The fourth-order valence-corrected chi connectivity index (χ4v) is 3.45. The van der Waals surface area contributed by atoms with E-state index < -0.39 is 0 Å². The number of anilines is 1. The maximum atomic E-state index is 8.42. The summed E-state index contributed by atoms with van der Waals surface area (Å²) in [5, 5.41) is 17.9. The highest BCUT2D eigenvalue weighted by atomic mass is 16.5. The largest absolute Gasteiger partial charge is 0.497 e. The number of fused-ring (bicyclic) bond motifs is 1. The number of hydrogen-bond donors (Lipinski definition) is 2. The number of nitrogens with zero attached hydrogens (tertiary/aromatic N) is 2. The molecule has 1 aliphatic rings. The maximum absolute atomic E-state index is 8.42. The number of hydrogen-bond acceptors (Lipinski definition) is 5. The minimum absolute atomic E-state index is 0.0538. The Morgan fingerprint density at radius 2 is 1.85 bits per heavy atom. The van der Waals surface area contributed by atoms with Crippen molar-refractivity contribution in [3.8, 4) is 5.75 Å². The summed E-state index contributed by atoms with van der Waals surface area (Å²) in [6, 6.07) is 17.7. The summed E-state index contributed by atoms with van der Waals surface area (Å²) < 4.78 is 5.22. The van der Waals surface area contributed by atoms with Crippen molar-refractivity contribution in [1.82, 2.24) is 4.98 Å². The molecule has 3 aromatic rings. The molecule has 0 amide bonds. The molecule has 136 valence electrons. The van der Waals surface area contributed by atoms with E-state index in [4.69, 9.17) is 20.5 Å². The van der Waals surface area contributed by atoms with Crippen molar-refractivity contribution in [1.29, 1.82) is 10.8 Å². The van der Waals surface area contributed by atoms with Gasteiger partial charge in [-0.3, -0.25) is 5.41 Å². The Labute approximate surface area is 158 Å². The van der Waals surface area contributed by atoms with E-state index in [2.05, 4.69) is 30.0 Å². The van der Waals surface area contributed by atoms with Gasteiger partial charge in [-0.05, 0) is 36.8 Å². The Morgan fingerprint density at radius 3 is 2.63 bits per heavy atom. The molecule has 0 bridgehead atoms. The second-order valence-corrected chi connectivity index (χ2v) is 6.94. The average molecular weight is 358 g/mol. The first-order valence-corrected chi connectivity index (χ1v) is 9.00. The first-order valence-electron chi connectivity index (χ1n) is 9.00. The summed E-state index contributed by atoms with van der Waals surface area (Å²) in [6.45, 7) is 3.51. The molecule has 5 heteroatoms. The molecule has 0 saturated carbocycles. The third kappa shape index (κ3) is 3.16. The molecule has 2 heterocycles. The molecule has 1 aliphatic heterocycles. The topological polar surface area (TPSA) is 73.1 Å². The normalized spacial score (nSPS) is 14.1. The van der Waals surface area contributed by atoms with Crippen LogP contribution in [0.15, 0.2) is 54.6 Å². The molecule has 27 heavy (non-hydrogen) atoms. The molecule has 2 N–H and O–H groups in total. The van der Waals surface area contributed by atoms with Crippen LogP contribution < -0.4 is 9.64 Å². The SMILES string of the molecule is COc1cccc(C(=N)C(=N)C2CN(c3ccc4cccc(C)c4n3)C2)c1. The summed E-state index contributed by atoms with van der Waals surface area (Å²) in [6.07, 6.45) is 0. The Kier molecular flexibility index (Phi) is 4.36. The highest BCUT2D eigenvalue weighted by Gasteiger charge is 2.33. The highest BCUT2D eigenvalue weighted by Crippen LogP contribution is 2.27. The molecular weight excluding hydrogens is 336 g/mol. The van der Waals surface area contributed by atoms with Gasteiger partial charge in [-0.2, -0.15) is 0 Å². The minimum Gasteiger partial charge on any atom is -0.497 e. The smallest absolute Gasteiger partial charge is 0.129 e. The third-order valence-electron chi connectivity index (χ3n) is 5.15. The van der Waals surface area contributed by atoms with Crippen LogP contribution in [0.1, 0.15) is 11.1 Å². The van der Waals surface area contributed by atoms with Crippen molar-refractivity contribution in [2.45, 2.75) is 6.92 Å². The van der Waals surface area contributed by atoms with Gasteiger partial charge in [0.05, 0.1) is 24.0 Å². The molecule has 0 unspecified atom stereocenters. The van der Waals surface area contributed by atoms with Crippen molar-refractivity contribution in [2.24, 2.45) is 5.92 Å². The first-order chi connectivity index (χ1) is 13.1. The van der Waals surface area contributed by atoms with Crippen molar-refractivity contribution in [3.63, 3.8) is 0 Å². The van der Waals surface area contributed by atoms with Crippen LogP contribution in [0.5, 0.6) is 5.75 Å². The molecule has 0 spiro atoms. The van der Waals surface area contributed by atoms with Gasteiger partial charge in [0.1, 0.15) is 11.6 Å². The van der Waals surface area contributed by atoms with Crippen LogP contribution in [0.25, 0.3) is 10.9 Å². The summed E-state index contributed by atoms with van der Waals surface area (Å²) in [5.41, 5.74) is 3.55. The van der Waals surface area contributed by atoms with Crippen molar-refractivity contribution in [3.05, 3.63) is 65.7 Å². The molecular formula is C22H22N4O. The molecule has 0 atom stereocenters. The second-order valence-electron chi connectivity index (χ2n) is 6.94. The lowest BCUT2D eigenvalue weighted by Crippen LogP contribution is -2.52. The van der Waals surface area contributed by atoms with Crippen LogP contribution >= 0.6 is 0 Å². The lowest BCUT2D eigenvalue weighted by atomic mass is 9.89. The van der Waals surface area contributed by atoms with Gasteiger partial charge in [-0.25, -0.2) is 4.98 Å². The van der Waals surface area contributed by atoms with Crippen LogP contribution in [-0.2, 0) is 0 Å². The zero-order valence-electron chi connectivity index (χ0n) is 15.5. The average Bonchev–Trinajstić information content (AvgIpc) is 2.66. The number of aryl methyl sites for hydroxylation is 1. The van der Waals surface area contributed by atoms with E-state index in [1.807, 2.05) is 30.3 Å². The quantitative estimate of drug-likeness (QED) is 0.675. The van der Waals surface area contributed by atoms with E-state index in [0.29, 0.717) is 11.5 Å². The van der Waals surface area contributed by atoms with Crippen LogP contribution in [0.2, 0.25) is 0 Å². The number of pyridine rings is 1. The standard InChI is InChI=1S/C22H22N4O/c1-14-5-3-6-15-9-10-19(25-22(14)15)26-12-17(13-26)21(24)20(23)16-7-4-8-18(11-16)27-2/h3-11,17,23-24H,12-13H2,1-2H3. The van der Waals surface area contributed by atoms with E-state index in [1.54, 1.807) is 13.2 Å². The number of para-hydroxylation sites is 1. The first kappa shape index (κ1) is 17.2. The van der Waals surface area contributed by atoms with E-state index in [0.717, 1.165) is 35.4 Å². The van der Waals surface area contributed by atoms with E-state index in [-0.39, 0.29) is 11.6 Å². The van der Waals surface area contributed by atoms with Gasteiger partial charge < -0.3 is 15.0 Å². The summed E-state index contributed by atoms with van der Waals surface area (Å²) in [5.74, 6) is 1.70. The zero-order chi connectivity index (χ0) is 19.0. The number of rotatable bonds is 5. The highest BCUT2D eigenvalue weighted by molar-refractivity contribution is 6.47. The van der Waals surface area contributed by atoms with Gasteiger partial charge in [-0.1, -0.05) is 30.3 Å². The van der Waals surface area contributed by atoms with Gasteiger partial charge in [0, 0.05) is 30.0 Å². The van der Waals surface area contributed by atoms with E-state index in [9.17, 15) is 0 Å². The van der Waals surface area contributed by atoms with Gasteiger partial charge in [0.25, 0.3) is 0 Å². The number of benzene rings is 2. The van der Waals surface area contributed by atoms with Crippen LogP contribution in [-0.4, -0.2) is 36.6 Å². The Balaban J connectivity index is 1.46. The third-order valence-corrected chi connectivity index (χ3v) is 5.15. The second kappa shape index (κ2) is 6.83. The lowest BCUT2D eigenvalue weighted by molar-refractivity contribution is 0.414. The Morgan fingerprint density at radius 1 is 1.07 bits per heavy atom. The number of ether oxygens (including phenoxy) is 1. The Bertz CT molecular complexity index is 1040. The molecule has 0 radical (unpaired) electrons. The van der Waals surface area contributed by atoms with Crippen molar-refractivity contribution in [2.75, 3.05) is 25.1 Å². The fourth-order valence-electron chi connectivity index (χ4n) is 3.45. The number of aromatic nitrogens is 1. The molecule has 0 aliphatic carbocycles. The van der Waals surface area contributed by atoms with E-state index >= 15 is 0 Å². The van der Waals surface area contributed by atoms with Crippen LogP contribution in [0, 0.1) is 23.7 Å². The molecule has 5 nitrogen and oxygen atoms in total. The molecule has 1 aromatic heterocycles. The van der Waals surface area contributed by atoms with Crippen molar-refractivity contribution < 1.29 is 4.74 Å². The number of methoxy groups -OCH3 is 1. The molecule has 1 saturated heterocycles. The number of nitrogens with one attached hydrogen (secondary N) is 2. The summed E-state index contributed by atoms with van der Waals surface area (Å²) in [4.78, 5) is 6.97. The van der Waals surface area contributed by atoms with Gasteiger partial charge in [-0.15, -0.1) is 0 Å². The maximum Gasteiger partial charge on any atom is 0.129 e. The molecule has 1 fully saturated rings. The zero-order valence-corrected chi connectivity index (χ0v) is 15.5. The summed E-state index contributed by atoms with van der Waals surface area (Å²) in [7, 11) is 1.61. The molecule has 2 aromatic carbocycles. The molecule has 4 rings (SSSR count). The van der Waals surface area contributed by atoms with E-state index in [1.165, 1.54) is 5.56 Å².